The first kappa shape index (κ1) is 23.2. The minimum Gasteiger partial charge on any atom is -0.252 e. The Hall–Kier alpha value is -3.49. The van der Waals surface area contributed by atoms with E-state index in [1.165, 1.54) is 24.3 Å². The van der Waals surface area contributed by atoms with Gasteiger partial charge in [-0.25, -0.2) is 4.98 Å². The van der Waals surface area contributed by atoms with Crippen molar-refractivity contribution < 1.29 is 26.3 Å². The number of alkyl halides is 6. The number of halogens is 6. The third-order valence-electron chi connectivity index (χ3n) is 4.47. The molecule has 0 radical (unpaired) electrons. The minimum atomic E-state index is -4.42. The monoisotopic (exact) mass is 449 g/mol. The predicted octanol–water partition coefficient (Wildman–Crippen LogP) is 7.40. The maximum Gasteiger partial charge on any atom is 0.416 e. The number of hydrogen-bond donors (Lipinski definition) is 0. The van der Waals surface area contributed by atoms with Crippen LogP contribution in [0.2, 0.25) is 0 Å². The van der Waals surface area contributed by atoms with Gasteiger partial charge in [0.05, 0.1) is 45.3 Å². The maximum atomic E-state index is 12.7. The van der Waals surface area contributed by atoms with Crippen LogP contribution in [0.25, 0.3) is 0 Å². The molecule has 0 unspecified atom stereocenters. The molecular weight excluding hydrogens is 432 g/mol. The van der Waals surface area contributed by atoms with E-state index in [0.29, 0.717) is 34.2 Å². The Morgan fingerprint density at radius 2 is 0.938 bits per heavy atom. The number of benzene rings is 2. The van der Waals surface area contributed by atoms with Crippen molar-refractivity contribution in [2.75, 3.05) is 0 Å². The van der Waals surface area contributed by atoms with Gasteiger partial charge in [0.2, 0.25) is 0 Å². The van der Waals surface area contributed by atoms with Crippen molar-refractivity contribution in [2.24, 2.45) is 9.98 Å². The van der Waals surface area contributed by atoms with E-state index in [9.17, 15) is 26.3 Å². The van der Waals surface area contributed by atoms with Crippen molar-refractivity contribution in [1.29, 1.82) is 0 Å². The van der Waals surface area contributed by atoms with Gasteiger partial charge in [-0.15, -0.1) is 0 Å². The lowest BCUT2D eigenvalue weighted by atomic mass is 10.1. The summed E-state index contributed by atoms with van der Waals surface area (Å²) in [6.45, 7) is 3.35. The van der Waals surface area contributed by atoms with E-state index in [0.717, 1.165) is 24.3 Å². The lowest BCUT2D eigenvalue weighted by molar-refractivity contribution is -0.138. The molecule has 3 aromatic rings. The molecule has 9 heteroatoms. The van der Waals surface area contributed by atoms with Gasteiger partial charge in [-0.05, 0) is 74.5 Å². The predicted molar refractivity (Wildman–Crippen MR) is 111 cm³/mol. The Morgan fingerprint density at radius 3 is 1.25 bits per heavy atom. The van der Waals surface area contributed by atoms with Crippen molar-refractivity contribution >= 4 is 22.8 Å². The summed E-state index contributed by atoms with van der Waals surface area (Å²) in [5.74, 6) is 0. The highest BCUT2D eigenvalue weighted by Gasteiger charge is 2.30. The van der Waals surface area contributed by atoms with Crippen molar-refractivity contribution in [3.8, 4) is 0 Å². The standard InChI is InChI=1S/C23H17F6N3/c1-14(30-18-10-6-16(7-11-18)22(24,25)26)20-4-3-5-21(32-20)15(2)31-19-12-8-17(9-13-19)23(27,28)29/h3-13H,1-2H3/b30-14+,31-15+. The SMILES string of the molecule is C/C(=N\c1ccc(C(F)(F)F)cc1)c1cccc(/C(C)=N/c2ccc(C(F)(F)F)cc2)n1. The molecule has 0 saturated carbocycles. The molecule has 1 heterocycles. The molecule has 0 fully saturated rings. The number of aromatic nitrogens is 1. The third kappa shape index (κ3) is 5.81. The van der Waals surface area contributed by atoms with E-state index in [2.05, 4.69) is 15.0 Å². The van der Waals surface area contributed by atoms with Crippen LogP contribution in [0.15, 0.2) is 76.7 Å². The molecule has 0 amide bonds. The summed E-state index contributed by atoms with van der Waals surface area (Å²) in [6, 6.07) is 14.0. The number of hydrogen-bond acceptors (Lipinski definition) is 3. The van der Waals surface area contributed by atoms with Crippen LogP contribution < -0.4 is 0 Å². The molecule has 3 rings (SSSR count). The van der Waals surface area contributed by atoms with Gasteiger partial charge < -0.3 is 0 Å². The minimum absolute atomic E-state index is 0.345. The van der Waals surface area contributed by atoms with Gasteiger partial charge in [0.25, 0.3) is 0 Å². The molecule has 0 spiro atoms. The average molecular weight is 449 g/mol. The highest BCUT2D eigenvalue weighted by Crippen LogP contribution is 2.31. The van der Waals surface area contributed by atoms with Gasteiger partial charge in [-0.2, -0.15) is 26.3 Å². The molecule has 166 valence electrons. The second-order valence-electron chi connectivity index (χ2n) is 6.89. The average Bonchev–Trinajstić information content (AvgIpc) is 2.73. The maximum absolute atomic E-state index is 12.7. The van der Waals surface area contributed by atoms with E-state index in [1.807, 2.05) is 0 Å². The fraction of sp³-hybridized carbons (Fsp3) is 0.174. The van der Waals surface area contributed by atoms with E-state index in [4.69, 9.17) is 0 Å². The number of rotatable bonds is 4. The van der Waals surface area contributed by atoms with Crippen LogP contribution in [0.4, 0.5) is 37.7 Å². The Balaban J connectivity index is 1.82. The first-order valence-corrected chi connectivity index (χ1v) is 9.36. The molecule has 2 aromatic carbocycles. The van der Waals surface area contributed by atoms with E-state index >= 15 is 0 Å². The molecule has 3 nitrogen and oxygen atoms in total. The lowest BCUT2D eigenvalue weighted by Crippen LogP contribution is -2.05. The zero-order valence-electron chi connectivity index (χ0n) is 17.0. The van der Waals surface area contributed by atoms with E-state index in [1.54, 1.807) is 32.0 Å². The summed E-state index contributed by atoms with van der Waals surface area (Å²) < 4.78 is 76.1. The quantitative estimate of drug-likeness (QED) is 0.302. The normalized spacial score (nSPS) is 13.4. The fourth-order valence-electron chi connectivity index (χ4n) is 2.79. The highest BCUT2D eigenvalue weighted by molar-refractivity contribution is 6.02. The van der Waals surface area contributed by atoms with Crippen molar-refractivity contribution in [2.45, 2.75) is 26.2 Å². The zero-order chi connectivity index (χ0) is 23.5. The van der Waals surface area contributed by atoms with Gasteiger partial charge in [0.15, 0.2) is 0 Å². The van der Waals surface area contributed by atoms with Crippen LogP contribution >= 0.6 is 0 Å². The molecule has 0 bridgehead atoms. The molecule has 32 heavy (non-hydrogen) atoms. The summed E-state index contributed by atoms with van der Waals surface area (Å²) in [6.07, 6.45) is -8.84. The second kappa shape index (κ2) is 8.94. The van der Waals surface area contributed by atoms with Gasteiger partial charge in [0, 0.05) is 0 Å². The van der Waals surface area contributed by atoms with Crippen molar-refractivity contribution in [1.82, 2.24) is 4.98 Å². The summed E-state index contributed by atoms with van der Waals surface area (Å²) in [5.41, 5.74) is 1.11. The van der Waals surface area contributed by atoms with Gasteiger partial charge >= 0.3 is 12.4 Å². The Labute approximate surface area is 180 Å². The van der Waals surface area contributed by atoms with Crippen LogP contribution in [0.1, 0.15) is 36.4 Å². The number of aliphatic imine (C=N–C) groups is 2. The van der Waals surface area contributed by atoms with Gasteiger partial charge in [-0.3, -0.25) is 9.98 Å². The van der Waals surface area contributed by atoms with Crippen molar-refractivity contribution in [3.05, 3.63) is 89.2 Å². The largest absolute Gasteiger partial charge is 0.416 e. The van der Waals surface area contributed by atoms with Crippen LogP contribution in [0.5, 0.6) is 0 Å². The smallest absolute Gasteiger partial charge is 0.252 e. The van der Waals surface area contributed by atoms with Gasteiger partial charge in [-0.1, -0.05) is 6.07 Å². The lowest BCUT2D eigenvalue weighted by Gasteiger charge is -2.08. The Bertz CT molecular complexity index is 1050. The molecule has 0 aliphatic heterocycles. The molecule has 0 saturated heterocycles. The number of nitrogens with zero attached hydrogens (tertiary/aromatic N) is 3. The van der Waals surface area contributed by atoms with Crippen LogP contribution in [0.3, 0.4) is 0 Å². The summed E-state index contributed by atoms with van der Waals surface area (Å²) in [4.78, 5) is 13.1. The fourth-order valence-corrected chi connectivity index (χ4v) is 2.79. The molecule has 0 atom stereocenters. The first-order chi connectivity index (χ1) is 14.9. The zero-order valence-corrected chi connectivity index (χ0v) is 17.0. The highest BCUT2D eigenvalue weighted by atomic mass is 19.4. The first-order valence-electron chi connectivity index (χ1n) is 9.36. The second-order valence-corrected chi connectivity index (χ2v) is 6.89. The summed E-state index contributed by atoms with van der Waals surface area (Å²) in [5, 5.41) is 0. The van der Waals surface area contributed by atoms with E-state index in [-0.39, 0.29) is 0 Å². The number of pyridine rings is 1. The molecule has 0 aliphatic rings. The molecule has 0 N–H and O–H groups in total. The van der Waals surface area contributed by atoms with Crippen molar-refractivity contribution in [3.63, 3.8) is 0 Å². The van der Waals surface area contributed by atoms with Crippen LogP contribution in [-0.4, -0.2) is 16.4 Å². The van der Waals surface area contributed by atoms with Gasteiger partial charge in [0.1, 0.15) is 0 Å². The molecule has 0 aliphatic carbocycles. The molecule has 1 aromatic heterocycles. The Morgan fingerprint density at radius 1 is 0.594 bits per heavy atom. The Kier molecular flexibility index (Phi) is 6.47. The topological polar surface area (TPSA) is 37.6 Å². The third-order valence-corrected chi connectivity index (χ3v) is 4.47. The summed E-state index contributed by atoms with van der Waals surface area (Å²) >= 11 is 0. The van der Waals surface area contributed by atoms with E-state index < -0.39 is 23.5 Å². The van der Waals surface area contributed by atoms with Crippen LogP contribution in [-0.2, 0) is 12.4 Å². The van der Waals surface area contributed by atoms with Crippen LogP contribution in [0, 0.1) is 0 Å². The summed E-state index contributed by atoms with van der Waals surface area (Å²) in [7, 11) is 0. The molecular formula is C23H17F6N3.